The monoisotopic (exact) mass is 224 g/mol. The summed E-state index contributed by atoms with van der Waals surface area (Å²) < 4.78 is 4.46. The molecule has 0 aliphatic heterocycles. The van der Waals surface area contributed by atoms with Crippen LogP contribution in [0.25, 0.3) is 0 Å². The summed E-state index contributed by atoms with van der Waals surface area (Å²) in [5.74, 6) is 0.392. The van der Waals surface area contributed by atoms with Crippen molar-refractivity contribution in [3.8, 4) is 0 Å². The zero-order chi connectivity index (χ0) is 12.1. The Hall–Kier alpha value is -1.65. The minimum atomic E-state index is -0.663. The second kappa shape index (κ2) is 5.44. The number of aromatic amines is 1. The molecule has 0 aromatic carbocycles. The fraction of sp³-hybridized carbons (Fsp3) is 0.545. The van der Waals surface area contributed by atoms with Gasteiger partial charge in [0.1, 0.15) is 11.4 Å². The van der Waals surface area contributed by atoms with E-state index < -0.39 is 11.5 Å². The van der Waals surface area contributed by atoms with Gasteiger partial charge in [-0.15, -0.1) is 0 Å². The highest BCUT2D eigenvalue weighted by Crippen LogP contribution is 2.06. The molecule has 16 heavy (non-hydrogen) atoms. The van der Waals surface area contributed by atoms with E-state index in [0.717, 1.165) is 6.42 Å². The fourth-order valence-corrected chi connectivity index (χ4v) is 1.27. The van der Waals surface area contributed by atoms with E-state index in [1.165, 1.54) is 13.3 Å². The van der Waals surface area contributed by atoms with E-state index in [4.69, 9.17) is 0 Å². The van der Waals surface area contributed by atoms with Crippen LogP contribution in [0, 0.1) is 5.92 Å². The SMILES string of the molecule is CCC(C)Cc1ncc(C(=O)OC)c(=O)[nH]1. The van der Waals surface area contributed by atoms with Crippen molar-refractivity contribution in [2.24, 2.45) is 5.92 Å². The Morgan fingerprint density at radius 3 is 2.81 bits per heavy atom. The van der Waals surface area contributed by atoms with E-state index in [2.05, 4.69) is 28.6 Å². The summed E-state index contributed by atoms with van der Waals surface area (Å²) in [7, 11) is 1.23. The normalized spacial score (nSPS) is 12.2. The molecule has 88 valence electrons. The number of esters is 1. The average Bonchev–Trinajstić information content (AvgIpc) is 2.28. The summed E-state index contributed by atoms with van der Waals surface area (Å²) in [5, 5.41) is 0. The van der Waals surface area contributed by atoms with Gasteiger partial charge in [0.05, 0.1) is 7.11 Å². The number of methoxy groups -OCH3 is 1. The third-order valence-corrected chi connectivity index (χ3v) is 2.50. The Kier molecular flexibility index (Phi) is 4.22. The quantitative estimate of drug-likeness (QED) is 0.778. The minimum Gasteiger partial charge on any atom is -0.465 e. The van der Waals surface area contributed by atoms with Gasteiger partial charge in [-0.1, -0.05) is 20.3 Å². The van der Waals surface area contributed by atoms with Crippen molar-refractivity contribution < 1.29 is 9.53 Å². The van der Waals surface area contributed by atoms with Crippen LogP contribution in [-0.4, -0.2) is 23.0 Å². The van der Waals surface area contributed by atoms with E-state index in [1.54, 1.807) is 0 Å². The van der Waals surface area contributed by atoms with Crippen molar-refractivity contribution in [1.82, 2.24) is 9.97 Å². The van der Waals surface area contributed by atoms with Crippen LogP contribution in [-0.2, 0) is 11.2 Å². The summed E-state index contributed by atoms with van der Waals surface area (Å²) in [6, 6.07) is 0. The first-order valence-electron chi connectivity index (χ1n) is 5.25. The number of H-pyrrole nitrogens is 1. The average molecular weight is 224 g/mol. The molecule has 1 heterocycles. The summed E-state index contributed by atoms with van der Waals surface area (Å²) in [5.41, 5.74) is -0.504. The van der Waals surface area contributed by atoms with Crippen LogP contribution in [0.15, 0.2) is 11.0 Å². The fourth-order valence-electron chi connectivity index (χ4n) is 1.27. The molecule has 0 aliphatic rings. The molecule has 0 saturated carbocycles. The zero-order valence-electron chi connectivity index (χ0n) is 9.74. The molecule has 0 spiro atoms. The van der Waals surface area contributed by atoms with Crippen molar-refractivity contribution in [3.05, 3.63) is 27.9 Å². The third kappa shape index (κ3) is 2.92. The van der Waals surface area contributed by atoms with Crippen LogP contribution in [0.3, 0.4) is 0 Å². The molecule has 0 fully saturated rings. The smallest absolute Gasteiger partial charge is 0.345 e. The molecule has 0 aliphatic carbocycles. The van der Waals surface area contributed by atoms with Crippen molar-refractivity contribution in [2.75, 3.05) is 7.11 Å². The van der Waals surface area contributed by atoms with Gasteiger partial charge in [0.15, 0.2) is 0 Å². The van der Waals surface area contributed by atoms with Crippen LogP contribution in [0.2, 0.25) is 0 Å². The van der Waals surface area contributed by atoms with Gasteiger partial charge < -0.3 is 9.72 Å². The number of ether oxygens (including phenoxy) is 1. The second-order valence-electron chi connectivity index (χ2n) is 3.78. The molecule has 5 heteroatoms. The molecular formula is C11H16N2O3. The van der Waals surface area contributed by atoms with Gasteiger partial charge >= 0.3 is 5.97 Å². The number of carbonyl (C=O) groups is 1. The Morgan fingerprint density at radius 1 is 1.62 bits per heavy atom. The van der Waals surface area contributed by atoms with Gasteiger partial charge in [0.25, 0.3) is 5.56 Å². The van der Waals surface area contributed by atoms with Crippen LogP contribution in [0.1, 0.15) is 36.5 Å². The van der Waals surface area contributed by atoms with Crippen molar-refractivity contribution in [1.29, 1.82) is 0 Å². The number of hydrogen-bond donors (Lipinski definition) is 1. The first kappa shape index (κ1) is 12.4. The Labute approximate surface area is 93.9 Å². The number of carbonyl (C=O) groups excluding carboxylic acids is 1. The molecule has 0 bridgehead atoms. The van der Waals surface area contributed by atoms with Crippen LogP contribution >= 0.6 is 0 Å². The molecule has 1 aromatic heterocycles. The van der Waals surface area contributed by atoms with E-state index in [1.807, 2.05) is 0 Å². The molecule has 1 unspecified atom stereocenters. The summed E-state index contributed by atoms with van der Waals surface area (Å²) in [6.45, 7) is 4.15. The summed E-state index contributed by atoms with van der Waals surface area (Å²) >= 11 is 0. The molecule has 0 saturated heterocycles. The van der Waals surface area contributed by atoms with Gasteiger partial charge in [-0.3, -0.25) is 4.79 Å². The first-order chi connectivity index (χ1) is 7.58. The topological polar surface area (TPSA) is 72.0 Å². The largest absolute Gasteiger partial charge is 0.465 e. The van der Waals surface area contributed by atoms with E-state index in [0.29, 0.717) is 18.2 Å². The van der Waals surface area contributed by atoms with Crippen molar-refractivity contribution in [3.63, 3.8) is 0 Å². The number of nitrogens with one attached hydrogen (secondary N) is 1. The lowest BCUT2D eigenvalue weighted by molar-refractivity contribution is 0.0598. The Morgan fingerprint density at radius 2 is 2.31 bits per heavy atom. The molecular weight excluding hydrogens is 208 g/mol. The summed E-state index contributed by atoms with van der Waals surface area (Å²) in [6.07, 6.45) is 2.98. The standard InChI is InChI=1S/C11H16N2O3/c1-4-7(2)5-9-12-6-8(10(14)13-9)11(15)16-3/h6-7H,4-5H2,1-3H3,(H,12,13,14). The van der Waals surface area contributed by atoms with Crippen molar-refractivity contribution >= 4 is 5.97 Å². The van der Waals surface area contributed by atoms with E-state index in [9.17, 15) is 9.59 Å². The van der Waals surface area contributed by atoms with Crippen molar-refractivity contribution in [2.45, 2.75) is 26.7 Å². The Balaban J connectivity index is 2.91. The summed E-state index contributed by atoms with van der Waals surface area (Å²) in [4.78, 5) is 29.3. The third-order valence-electron chi connectivity index (χ3n) is 2.50. The highest BCUT2D eigenvalue weighted by molar-refractivity contribution is 5.88. The van der Waals surface area contributed by atoms with E-state index in [-0.39, 0.29) is 5.56 Å². The highest BCUT2D eigenvalue weighted by Gasteiger charge is 2.12. The lowest BCUT2D eigenvalue weighted by Crippen LogP contribution is -2.21. The van der Waals surface area contributed by atoms with Gasteiger partial charge in [0.2, 0.25) is 0 Å². The van der Waals surface area contributed by atoms with Gasteiger partial charge in [-0.2, -0.15) is 0 Å². The molecule has 1 N–H and O–H groups in total. The van der Waals surface area contributed by atoms with Crippen LogP contribution in [0.4, 0.5) is 0 Å². The van der Waals surface area contributed by atoms with Crippen LogP contribution < -0.4 is 5.56 Å². The molecule has 0 radical (unpaired) electrons. The molecule has 5 nitrogen and oxygen atoms in total. The molecule has 0 amide bonds. The van der Waals surface area contributed by atoms with Crippen LogP contribution in [0.5, 0.6) is 0 Å². The molecule has 1 rings (SSSR count). The zero-order valence-corrected chi connectivity index (χ0v) is 9.74. The predicted octanol–water partition coefficient (Wildman–Crippen LogP) is 1.15. The van der Waals surface area contributed by atoms with E-state index >= 15 is 0 Å². The Bertz CT molecular complexity index is 425. The number of hydrogen-bond acceptors (Lipinski definition) is 4. The maximum absolute atomic E-state index is 11.5. The maximum atomic E-state index is 11.5. The predicted molar refractivity (Wildman–Crippen MR) is 59.4 cm³/mol. The second-order valence-corrected chi connectivity index (χ2v) is 3.78. The number of nitrogens with zero attached hydrogens (tertiary/aromatic N) is 1. The maximum Gasteiger partial charge on any atom is 0.345 e. The first-order valence-corrected chi connectivity index (χ1v) is 5.25. The number of aromatic nitrogens is 2. The molecule has 1 atom stereocenters. The lowest BCUT2D eigenvalue weighted by atomic mass is 10.1. The molecule has 1 aromatic rings. The van der Waals surface area contributed by atoms with Gasteiger partial charge in [-0.05, 0) is 5.92 Å². The number of rotatable bonds is 4. The highest BCUT2D eigenvalue weighted by atomic mass is 16.5. The van der Waals surface area contributed by atoms with Gasteiger partial charge in [0, 0.05) is 12.6 Å². The van der Waals surface area contributed by atoms with Gasteiger partial charge in [-0.25, -0.2) is 9.78 Å². The lowest BCUT2D eigenvalue weighted by Gasteiger charge is -2.07. The minimum absolute atomic E-state index is 0.0598.